The Balaban J connectivity index is 2.12. The zero-order chi connectivity index (χ0) is 20.5. The monoisotopic (exact) mass is 430 g/mol. The number of fused-ring (bicyclic) bond motifs is 2. The number of esters is 1. The molecule has 9 heteroatoms. The number of hydrogen-bond donors (Lipinski definition) is 0. The second-order valence-corrected chi connectivity index (χ2v) is 6.52. The number of aromatic nitrogens is 2. The Morgan fingerprint density at radius 3 is 2.41 bits per heavy atom. The van der Waals surface area contributed by atoms with E-state index in [1.54, 1.807) is 48.5 Å². The van der Waals surface area contributed by atoms with Crippen molar-refractivity contribution in [3.05, 3.63) is 59.0 Å². The van der Waals surface area contributed by atoms with Crippen molar-refractivity contribution in [1.82, 2.24) is 9.55 Å². The Kier molecular flexibility index (Phi) is 5.08. The lowest BCUT2D eigenvalue weighted by Gasteiger charge is -2.09. The Bertz CT molecular complexity index is 1330. The molecule has 0 saturated carbocycles. The summed E-state index contributed by atoms with van der Waals surface area (Å²) >= 11 is 11.4. The highest BCUT2D eigenvalue weighted by atomic mass is 35.5. The molecule has 2 aromatic heterocycles. The summed E-state index contributed by atoms with van der Waals surface area (Å²) in [6, 6.07) is 13.3. The van der Waals surface area contributed by atoms with Crippen LogP contribution in [-0.2, 0) is 4.79 Å². The lowest BCUT2D eigenvalue weighted by Crippen LogP contribution is -2.16. The van der Waals surface area contributed by atoms with E-state index in [4.69, 9.17) is 32.4 Å². The summed E-state index contributed by atoms with van der Waals surface area (Å²) < 4.78 is 12.0. The third-order valence-electron chi connectivity index (χ3n) is 4.25. The van der Waals surface area contributed by atoms with Crippen molar-refractivity contribution in [2.24, 2.45) is 0 Å². The minimum atomic E-state index is -0.739. The van der Waals surface area contributed by atoms with Crippen LogP contribution in [0.1, 0.15) is 4.79 Å². The normalized spacial score (nSPS) is 11.1. The Hall–Kier alpha value is -3.16. The summed E-state index contributed by atoms with van der Waals surface area (Å²) in [6.07, 6.45) is 0. The van der Waals surface area contributed by atoms with E-state index in [2.05, 4.69) is 4.98 Å². The number of nitrogens with zero attached hydrogens (tertiary/aromatic N) is 2. The van der Waals surface area contributed by atoms with Gasteiger partial charge < -0.3 is 9.15 Å². The third kappa shape index (κ3) is 3.28. The van der Waals surface area contributed by atoms with Gasteiger partial charge in [0.1, 0.15) is 11.8 Å². The number of benzene rings is 2. The highest BCUT2D eigenvalue weighted by Gasteiger charge is 2.28. The number of para-hydroxylation sites is 2. The molecule has 2 heterocycles. The summed E-state index contributed by atoms with van der Waals surface area (Å²) in [5, 5.41) is 0.721. The van der Waals surface area contributed by atoms with Crippen LogP contribution < -0.4 is 10.4 Å². The van der Waals surface area contributed by atoms with E-state index in [0.717, 1.165) is 0 Å². The first kappa shape index (κ1) is 19.2. The molecule has 0 amide bonds. The molecule has 0 N–H and O–H groups in total. The molecule has 4 rings (SSSR count). The molecular weight excluding hydrogens is 419 g/mol. The van der Waals surface area contributed by atoms with E-state index in [-0.39, 0.29) is 28.6 Å². The number of ether oxygens (including phenoxy) is 1. The summed E-state index contributed by atoms with van der Waals surface area (Å²) in [6.45, 7) is 0. The minimum absolute atomic E-state index is 0.00986. The minimum Gasteiger partial charge on any atom is -0.422 e. The molecular formula is C20H12Cl2N2O5. The van der Waals surface area contributed by atoms with Gasteiger partial charge in [0, 0.05) is 5.39 Å². The summed E-state index contributed by atoms with van der Waals surface area (Å²) in [4.78, 5) is 41.4. The molecule has 29 heavy (non-hydrogen) atoms. The third-order valence-corrected chi connectivity index (χ3v) is 4.70. The highest BCUT2D eigenvalue weighted by Crippen LogP contribution is 2.39. The molecule has 0 spiro atoms. The lowest BCUT2D eigenvalue weighted by atomic mass is 10.2. The lowest BCUT2D eigenvalue weighted by molar-refractivity contribution is -0.131. The zero-order valence-corrected chi connectivity index (χ0v) is 16.2. The van der Waals surface area contributed by atoms with Crippen LogP contribution in [0, 0.1) is 0 Å². The maximum absolute atomic E-state index is 12.7. The molecule has 146 valence electrons. The molecule has 0 aliphatic rings. The fraction of sp³-hybridized carbons (Fsp3) is 0.100. The Morgan fingerprint density at radius 2 is 1.69 bits per heavy atom. The predicted molar refractivity (Wildman–Crippen MR) is 109 cm³/mol. The molecule has 0 radical (unpaired) electrons. The van der Waals surface area contributed by atoms with Gasteiger partial charge in [-0.3, -0.25) is 14.2 Å². The molecule has 0 bridgehead atoms. The standard InChI is InChI=1S/C20H12Cl2N2O5/c21-9-15(25)24-14-8-4-2-6-12(14)18(28-16(26)10-22)17(24)19-23-13-7-3-1-5-11(13)20(27)29-19/h1-8H,9-10H2. The van der Waals surface area contributed by atoms with Gasteiger partial charge in [-0.25, -0.2) is 9.78 Å². The van der Waals surface area contributed by atoms with Gasteiger partial charge >= 0.3 is 11.6 Å². The van der Waals surface area contributed by atoms with Gasteiger partial charge in [0.15, 0.2) is 11.4 Å². The van der Waals surface area contributed by atoms with Crippen molar-refractivity contribution in [1.29, 1.82) is 0 Å². The van der Waals surface area contributed by atoms with Crippen molar-refractivity contribution in [2.75, 3.05) is 11.8 Å². The van der Waals surface area contributed by atoms with Gasteiger partial charge in [0.25, 0.3) is 5.89 Å². The maximum Gasteiger partial charge on any atom is 0.347 e. The SMILES string of the molecule is O=C(CCl)Oc1c(-c2nc3ccccc3c(=O)o2)n(C(=O)CCl)c2ccccc12. The van der Waals surface area contributed by atoms with E-state index < -0.39 is 23.4 Å². The fourth-order valence-electron chi connectivity index (χ4n) is 3.09. The smallest absolute Gasteiger partial charge is 0.347 e. The van der Waals surface area contributed by atoms with Gasteiger partial charge in [0.05, 0.1) is 16.4 Å². The Labute approximate surface area is 173 Å². The maximum atomic E-state index is 12.7. The van der Waals surface area contributed by atoms with E-state index in [9.17, 15) is 14.4 Å². The number of carbonyl (C=O) groups is 2. The molecule has 0 saturated heterocycles. The second-order valence-electron chi connectivity index (χ2n) is 5.99. The van der Waals surface area contributed by atoms with Gasteiger partial charge in [-0.15, -0.1) is 23.2 Å². The average molecular weight is 431 g/mol. The molecule has 4 aromatic rings. The van der Waals surface area contributed by atoms with Crippen LogP contribution in [0.5, 0.6) is 5.75 Å². The number of alkyl halides is 2. The quantitative estimate of drug-likeness (QED) is 0.360. The molecule has 0 aliphatic carbocycles. The van der Waals surface area contributed by atoms with Crippen LogP contribution in [0.2, 0.25) is 0 Å². The van der Waals surface area contributed by atoms with Crippen molar-refractivity contribution in [3.63, 3.8) is 0 Å². The largest absolute Gasteiger partial charge is 0.422 e. The molecule has 7 nitrogen and oxygen atoms in total. The highest BCUT2D eigenvalue weighted by molar-refractivity contribution is 6.29. The molecule has 0 atom stereocenters. The predicted octanol–water partition coefficient (Wildman–Crippen LogP) is 3.83. The van der Waals surface area contributed by atoms with Gasteiger partial charge in [-0.05, 0) is 24.3 Å². The number of halogens is 2. The first-order valence-corrected chi connectivity index (χ1v) is 9.51. The van der Waals surface area contributed by atoms with E-state index in [0.29, 0.717) is 16.4 Å². The van der Waals surface area contributed by atoms with Crippen LogP contribution in [0.3, 0.4) is 0 Å². The summed E-state index contributed by atoms with van der Waals surface area (Å²) in [5.74, 6) is -2.18. The van der Waals surface area contributed by atoms with Gasteiger partial charge in [0.2, 0.25) is 5.91 Å². The fourth-order valence-corrected chi connectivity index (χ4v) is 3.26. The first-order chi connectivity index (χ1) is 14.0. The molecule has 0 aliphatic heterocycles. The van der Waals surface area contributed by atoms with Gasteiger partial charge in [-0.2, -0.15) is 0 Å². The van der Waals surface area contributed by atoms with E-state index in [1.807, 2.05) is 0 Å². The van der Waals surface area contributed by atoms with Crippen LogP contribution >= 0.6 is 23.2 Å². The number of carbonyl (C=O) groups excluding carboxylic acids is 2. The zero-order valence-electron chi connectivity index (χ0n) is 14.7. The van der Waals surface area contributed by atoms with Gasteiger partial charge in [-0.1, -0.05) is 24.3 Å². The van der Waals surface area contributed by atoms with Crippen molar-refractivity contribution in [3.8, 4) is 17.3 Å². The number of rotatable bonds is 4. The first-order valence-electron chi connectivity index (χ1n) is 8.44. The van der Waals surface area contributed by atoms with Crippen molar-refractivity contribution < 1.29 is 18.7 Å². The summed E-state index contributed by atoms with van der Waals surface area (Å²) in [5.41, 5.74) is 0.153. The van der Waals surface area contributed by atoms with E-state index in [1.165, 1.54) is 4.57 Å². The van der Waals surface area contributed by atoms with Crippen LogP contribution in [0.25, 0.3) is 33.4 Å². The Morgan fingerprint density at radius 1 is 1.00 bits per heavy atom. The number of hydrogen-bond acceptors (Lipinski definition) is 6. The second kappa shape index (κ2) is 7.69. The topological polar surface area (TPSA) is 91.4 Å². The molecule has 2 aromatic carbocycles. The van der Waals surface area contributed by atoms with E-state index >= 15 is 0 Å². The van der Waals surface area contributed by atoms with Crippen molar-refractivity contribution in [2.45, 2.75) is 0 Å². The van der Waals surface area contributed by atoms with Crippen molar-refractivity contribution >= 4 is 56.9 Å². The molecule has 0 unspecified atom stereocenters. The molecule has 0 fully saturated rings. The average Bonchev–Trinajstić information content (AvgIpc) is 3.07. The summed E-state index contributed by atoms with van der Waals surface area (Å²) in [7, 11) is 0. The van der Waals surface area contributed by atoms with Crippen LogP contribution in [0.4, 0.5) is 0 Å². The van der Waals surface area contributed by atoms with Crippen LogP contribution in [-0.4, -0.2) is 33.2 Å². The van der Waals surface area contributed by atoms with Crippen LogP contribution in [0.15, 0.2) is 57.7 Å².